The Hall–Kier alpha value is -0.590. The lowest BCUT2D eigenvalue weighted by atomic mass is 9.68. The number of hydrogen-bond donors (Lipinski definition) is 0. The Morgan fingerprint density at radius 2 is 1.81 bits per heavy atom. The van der Waals surface area contributed by atoms with Gasteiger partial charge < -0.3 is 0 Å². The molecule has 0 radical (unpaired) electrons. The van der Waals surface area contributed by atoms with Gasteiger partial charge in [-0.2, -0.15) is 0 Å². The van der Waals surface area contributed by atoms with Crippen molar-refractivity contribution in [3.63, 3.8) is 0 Å². The summed E-state index contributed by atoms with van der Waals surface area (Å²) in [5.41, 5.74) is 2.62. The predicted octanol–water partition coefficient (Wildman–Crippen LogP) is 3.74. The molecule has 0 heterocycles. The molecule has 3 aliphatic carbocycles. The van der Waals surface area contributed by atoms with E-state index in [2.05, 4.69) is 6.92 Å². The van der Waals surface area contributed by atoms with Crippen molar-refractivity contribution < 1.29 is 4.79 Å². The zero-order valence-corrected chi connectivity index (χ0v) is 10.5. The first kappa shape index (κ1) is 10.6. The molecule has 0 aromatic heterocycles. The van der Waals surface area contributed by atoms with E-state index in [1.54, 1.807) is 0 Å². The third kappa shape index (κ3) is 1.40. The summed E-state index contributed by atoms with van der Waals surface area (Å²) in [6.45, 7) is 4.20. The number of rotatable bonds is 2. The lowest BCUT2D eigenvalue weighted by Gasteiger charge is -2.36. The van der Waals surface area contributed by atoms with Crippen molar-refractivity contribution in [1.29, 1.82) is 0 Å². The molecule has 0 N–H and O–H groups in total. The molecule has 0 unspecified atom stereocenters. The van der Waals surface area contributed by atoms with E-state index in [0.717, 1.165) is 30.1 Å². The number of fused-ring (bicyclic) bond motifs is 5. The highest BCUT2D eigenvalue weighted by molar-refractivity contribution is 5.96. The summed E-state index contributed by atoms with van der Waals surface area (Å²) in [6, 6.07) is 0. The van der Waals surface area contributed by atoms with Gasteiger partial charge in [0.15, 0.2) is 5.78 Å². The highest BCUT2D eigenvalue weighted by Crippen LogP contribution is 2.58. The first-order chi connectivity index (χ1) is 7.70. The minimum absolute atomic E-state index is 0.415. The predicted molar refractivity (Wildman–Crippen MR) is 65.0 cm³/mol. The molecule has 16 heavy (non-hydrogen) atoms. The Bertz CT molecular complexity index is 352. The Morgan fingerprint density at radius 1 is 1.19 bits per heavy atom. The second kappa shape index (κ2) is 3.72. The average molecular weight is 218 g/mol. The van der Waals surface area contributed by atoms with Gasteiger partial charge in [-0.25, -0.2) is 0 Å². The van der Waals surface area contributed by atoms with Gasteiger partial charge in [-0.05, 0) is 68.3 Å². The molecule has 0 aromatic carbocycles. The Balaban J connectivity index is 1.86. The first-order valence-corrected chi connectivity index (χ1v) is 6.92. The number of Topliss-reactive ketones (excluding diaryl/α,β-unsaturated/α-hetero) is 1. The van der Waals surface area contributed by atoms with Crippen LogP contribution in [0.4, 0.5) is 0 Å². The van der Waals surface area contributed by atoms with Gasteiger partial charge in [-0.3, -0.25) is 4.79 Å². The molecular weight excluding hydrogens is 196 g/mol. The maximum atomic E-state index is 11.9. The molecule has 4 atom stereocenters. The minimum atomic E-state index is 0.415. The molecule has 1 nitrogen and oxygen atoms in total. The van der Waals surface area contributed by atoms with Crippen LogP contribution in [-0.4, -0.2) is 5.78 Å². The van der Waals surface area contributed by atoms with Crippen molar-refractivity contribution in [3.8, 4) is 0 Å². The van der Waals surface area contributed by atoms with Crippen molar-refractivity contribution in [2.24, 2.45) is 23.7 Å². The van der Waals surface area contributed by atoms with Crippen LogP contribution >= 0.6 is 0 Å². The van der Waals surface area contributed by atoms with E-state index >= 15 is 0 Å². The second-order valence-corrected chi connectivity index (χ2v) is 6.10. The Labute approximate surface area is 98.3 Å². The van der Waals surface area contributed by atoms with Gasteiger partial charge in [0.05, 0.1) is 0 Å². The summed E-state index contributed by atoms with van der Waals surface area (Å²) in [7, 11) is 0. The lowest BCUT2D eigenvalue weighted by molar-refractivity contribution is -0.115. The van der Waals surface area contributed by atoms with E-state index in [-0.39, 0.29) is 0 Å². The summed E-state index contributed by atoms with van der Waals surface area (Å²) >= 11 is 0. The smallest absolute Gasteiger partial charge is 0.158 e. The molecule has 0 aliphatic heterocycles. The molecular formula is C15H22O. The quantitative estimate of drug-likeness (QED) is 0.690. The van der Waals surface area contributed by atoms with E-state index in [1.807, 2.05) is 6.92 Å². The van der Waals surface area contributed by atoms with Crippen LogP contribution in [0.5, 0.6) is 0 Å². The molecule has 2 bridgehead atoms. The van der Waals surface area contributed by atoms with E-state index < -0.39 is 0 Å². The highest BCUT2D eigenvalue weighted by atomic mass is 16.1. The van der Waals surface area contributed by atoms with Crippen LogP contribution in [0.2, 0.25) is 0 Å². The molecule has 1 heteroatoms. The summed E-state index contributed by atoms with van der Waals surface area (Å²) < 4.78 is 0. The molecule has 3 rings (SSSR count). The van der Waals surface area contributed by atoms with Crippen LogP contribution in [0.15, 0.2) is 11.1 Å². The number of carbonyl (C=O) groups excluding carboxylic acids is 1. The second-order valence-electron chi connectivity index (χ2n) is 6.10. The maximum Gasteiger partial charge on any atom is 0.158 e. The van der Waals surface area contributed by atoms with E-state index in [9.17, 15) is 4.79 Å². The van der Waals surface area contributed by atoms with Gasteiger partial charge in [0.2, 0.25) is 0 Å². The molecule has 3 aliphatic rings. The van der Waals surface area contributed by atoms with Gasteiger partial charge in [-0.15, -0.1) is 0 Å². The van der Waals surface area contributed by atoms with Crippen LogP contribution in [0.25, 0.3) is 0 Å². The average Bonchev–Trinajstić information content (AvgIpc) is 2.88. The number of carbonyl (C=O) groups is 1. The van der Waals surface area contributed by atoms with E-state index in [1.165, 1.54) is 36.8 Å². The fourth-order valence-corrected chi connectivity index (χ4v) is 4.62. The SMILES string of the molecule is CCC(=O)C1=C(C)C[C@H]2[C@@H]3CC[C@@H](C3)[C@H]2C1. The molecule has 0 aromatic rings. The van der Waals surface area contributed by atoms with Gasteiger partial charge >= 0.3 is 0 Å². The summed E-state index contributed by atoms with van der Waals surface area (Å²) in [4.78, 5) is 11.9. The molecule has 0 spiro atoms. The van der Waals surface area contributed by atoms with Crippen molar-refractivity contribution in [3.05, 3.63) is 11.1 Å². The molecule has 88 valence electrons. The first-order valence-electron chi connectivity index (χ1n) is 6.92. The normalized spacial score (nSPS) is 41.4. The third-order valence-corrected chi connectivity index (χ3v) is 5.43. The number of ketones is 1. The maximum absolute atomic E-state index is 11.9. The van der Waals surface area contributed by atoms with Crippen molar-refractivity contribution >= 4 is 5.78 Å². The van der Waals surface area contributed by atoms with Crippen molar-refractivity contribution in [1.82, 2.24) is 0 Å². The molecule has 0 amide bonds. The number of allylic oxidation sites excluding steroid dienone is 2. The topological polar surface area (TPSA) is 17.1 Å². The molecule has 2 saturated carbocycles. The minimum Gasteiger partial charge on any atom is -0.295 e. The van der Waals surface area contributed by atoms with Gasteiger partial charge in [0.25, 0.3) is 0 Å². The molecule has 0 saturated heterocycles. The van der Waals surface area contributed by atoms with Crippen LogP contribution in [0.3, 0.4) is 0 Å². The standard InChI is InChI=1S/C15H22O/c1-3-15(16)12-8-14-11-5-4-10(7-11)13(14)6-9(12)2/h10-11,13-14H,3-8H2,1-2H3/t10-,11+,13+,14-/m1/s1. The van der Waals surface area contributed by atoms with E-state index in [0.29, 0.717) is 12.2 Å². The monoisotopic (exact) mass is 218 g/mol. The van der Waals surface area contributed by atoms with Crippen LogP contribution in [-0.2, 0) is 4.79 Å². The highest BCUT2D eigenvalue weighted by Gasteiger charge is 2.49. The zero-order valence-electron chi connectivity index (χ0n) is 10.5. The van der Waals surface area contributed by atoms with Crippen molar-refractivity contribution in [2.75, 3.05) is 0 Å². The van der Waals surface area contributed by atoms with E-state index in [4.69, 9.17) is 0 Å². The zero-order chi connectivity index (χ0) is 11.3. The van der Waals surface area contributed by atoms with Crippen LogP contribution in [0, 0.1) is 23.7 Å². The summed E-state index contributed by atoms with van der Waals surface area (Å²) in [6.07, 6.45) is 7.42. The largest absolute Gasteiger partial charge is 0.295 e. The van der Waals surface area contributed by atoms with Crippen molar-refractivity contribution in [2.45, 2.75) is 52.4 Å². The Kier molecular flexibility index (Phi) is 2.45. The molecule has 2 fully saturated rings. The summed E-state index contributed by atoms with van der Waals surface area (Å²) in [5, 5.41) is 0. The Morgan fingerprint density at radius 3 is 2.44 bits per heavy atom. The van der Waals surface area contributed by atoms with Gasteiger partial charge in [0, 0.05) is 6.42 Å². The third-order valence-electron chi connectivity index (χ3n) is 5.43. The van der Waals surface area contributed by atoms with Crippen LogP contribution < -0.4 is 0 Å². The fraction of sp³-hybridized carbons (Fsp3) is 0.800. The summed E-state index contributed by atoms with van der Waals surface area (Å²) in [5.74, 6) is 4.19. The number of hydrogen-bond acceptors (Lipinski definition) is 1. The lowest BCUT2D eigenvalue weighted by Crippen LogP contribution is -2.28. The fourth-order valence-electron chi connectivity index (χ4n) is 4.62. The van der Waals surface area contributed by atoms with Gasteiger partial charge in [-0.1, -0.05) is 12.5 Å². The van der Waals surface area contributed by atoms with Gasteiger partial charge in [0.1, 0.15) is 0 Å². The van der Waals surface area contributed by atoms with Crippen LogP contribution in [0.1, 0.15) is 52.4 Å².